The smallest absolute Gasteiger partial charge is 0.233 e. The van der Waals surface area contributed by atoms with Crippen molar-refractivity contribution in [2.45, 2.75) is 39.5 Å². The van der Waals surface area contributed by atoms with Crippen molar-refractivity contribution in [3.05, 3.63) is 24.5 Å². The predicted octanol–water partition coefficient (Wildman–Crippen LogP) is 2.85. The van der Waals surface area contributed by atoms with Crippen LogP contribution in [-0.4, -0.2) is 20.1 Å². The maximum atomic E-state index is 5.41. The first-order valence-corrected chi connectivity index (χ1v) is 6.18. The van der Waals surface area contributed by atoms with E-state index in [-0.39, 0.29) is 5.41 Å². The maximum absolute atomic E-state index is 5.41. The van der Waals surface area contributed by atoms with E-state index in [2.05, 4.69) is 47.8 Å². The highest BCUT2D eigenvalue weighted by atomic mass is 16.5. The molecule has 5 nitrogen and oxygen atoms in total. The predicted molar refractivity (Wildman–Crippen MR) is 67.8 cm³/mol. The minimum atomic E-state index is -0.104. The zero-order valence-electron chi connectivity index (χ0n) is 11.2. The molecule has 0 fully saturated rings. The molecule has 96 valence electrons. The Morgan fingerprint density at radius 2 is 2.11 bits per heavy atom. The second-order valence-electron chi connectivity index (χ2n) is 4.94. The summed E-state index contributed by atoms with van der Waals surface area (Å²) >= 11 is 0. The number of hydrogen-bond acceptors (Lipinski definition) is 5. The number of aromatic nitrogens is 4. The van der Waals surface area contributed by atoms with Gasteiger partial charge in [-0.1, -0.05) is 32.9 Å². The van der Waals surface area contributed by atoms with E-state index in [1.54, 1.807) is 18.6 Å². The van der Waals surface area contributed by atoms with Crippen molar-refractivity contribution < 1.29 is 4.52 Å². The van der Waals surface area contributed by atoms with Gasteiger partial charge in [0, 0.05) is 17.8 Å². The number of rotatable bonds is 4. The van der Waals surface area contributed by atoms with Crippen LogP contribution in [0.4, 0.5) is 0 Å². The van der Waals surface area contributed by atoms with E-state index in [9.17, 15) is 0 Å². The van der Waals surface area contributed by atoms with E-state index in [0.29, 0.717) is 23.3 Å². The van der Waals surface area contributed by atoms with E-state index < -0.39 is 0 Å². The summed E-state index contributed by atoms with van der Waals surface area (Å²) in [4.78, 5) is 12.6. The quantitative estimate of drug-likeness (QED) is 0.830. The Morgan fingerprint density at radius 3 is 2.67 bits per heavy atom. The third-order valence-electron chi connectivity index (χ3n) is 3.72. The van der Waals surface area contributed by atoms with Gasteiger partial charge in [-0.2, -0.15) is 4.98 Å². The molecule has 0 spiro atoms. The first kappa shape index (κ1) is 12.7. The highest BCUT2D eigenvalue weighted by Crippen LogP contribution is 2.34. The molecule has 0 aliphatic carbocycles. The van der Waals surface area contributed by atoms with Gasteiger partial charge in [0.1, 0.15) is 5.69 Å². The SMILES string of the molecule is CCC(C)(c1nc(-c2cnccn2)no1)C(C)C. The van der Waals surface area contributed by atoms with Crippen molar-refractivity contribution in [3.8, 4) is 11.5 Å². The topological polar surface area (TPSA) is 64.7 Å². The van der Waals surface area contributed by atoms with Crippen LogP contribution in [0.25, 0.3) is 11.5 Å². The third kappa shape index (κ3) is 2.12. The highest BCUT2D eigenvalue weighted by molar-refractivity contribution is 5.45. The summed E-state index contributed by atoms with van der Waals surface area (Å²) in [6.07, 6.45) is 5.82. The molecular formula is C13H18N4O. The highest BCUT2D eigenvalue weighted by Gasteiger charge is 2.34. The maximum Gasteiger partial charge on any atom is 0.233 e. The molecule has 0 radical (unpaired) electrons. The monoisotopic (exact) mass is 246 g/mol. The molecule has 1 unspecified atom stereocenters. The summed E-state index contributed by atoms with van der Waals surface area (Å²) in [5, 5.41) is 3.99. The second kappa shape index (κ2) is 4.84. The van der Waals surface area contributed by atoms with Gasteiger partial charge in [0.25, 0.3) is 0 Å². The fraction of sp³-hybridized carbons (Fsp3) is 0.538. The van der Waals surface area contributed by atoms with Crippen LogP contribution in [0, 0.1) is 5.92 Å². The van der Waals surface area contributed by atoms with Crippen LogP contribution < -0.4 is 0 Å². The molecule has 0 amide bonds. The Morgan fingerprint density at radius 1 is 1.33 bits per heavy atom. The molecular weight excluding hydrogens is 228 g/mol. The third-order valence-corrected chi connectivity index (χ3v) is 3.72. The molecule has 1 atom stereocenters. The van der Waals surface area contributed by atoms with E-state index in [1.165, 1.54) is 0 Å². The first-order valence-electron chi connectivity index (χ1n) is 6.18. The Balaban J connectivity index is 2.36. The number of nitrogens with zero attached hydrogens (tertiary/aromatic N) is 4. The molecule has 0 aliphatic rings. The van der Waals surface area contributed by atoms with E-state index in [4.69, 9.17) is 4.52 Å². The molecule has 0 saturated carbocycles. The lowest BCUT2D eigenvalue weighted by atomic mass is 9.77. The van der Waals surface area contributed by atoms with Gasteiger partial charge in [0.05, 0.1) is 6.20 Å². The summed E-state index contributed by atoms with van der Waals surface area (Å²) in [6.45, 7) is 8.60. The molecule has 0 aromatic carbocycles. The number of hydrogen-bond donors (Lipinski definition) is 0. The van der Waals surface area contributed by atoms with Crippen LogP contribution in [0.5, 0.6) is 0 Å². The standard InChI is InChI=1S/C13H18N4O/c1-5-13(4,9(2)3)12-16-11(17-18-12)10-8-14-6-7-15-10/h6-9H,5H2,1-4H3. The van der Waals surface area contributed by atoms with Crippen molar-refractivity contribution in [2.75, 3.05) is 0 Å². The Hall–Kier alpha value is -1.78. The van der Waals surface area contributed by atoms with Crippen LogP contribution in [-0.2, 0) is 5.41 Å². The summed E-state index contributed by atoms with van der Waals surface area (Å²) in [6, 6.07) is 0. The second-order valence-corrected chi connectivity index (χ2v) is 4.94. The lowest BCUT2D eigenvalue weighted by Crippen LogP contribution is -2.28. The van der Waals surface area contributed by atoms with Gasteiger partial charge in [-0.05, 0) is 12.3 Å². The minimum absolute atomic E-state index is 0.104. The first-order chi connectivity index (χ1) is 8.58. The van der Waals surface area contributed by atoms with E-state index >= 15 is 0 Å². The van der Waals surface area contributed by atoms with Crippen LogP contribution in [0.15, 0.2) is 23.1 Å². The fourth-order valence-corrected chi connectivity index (χ4v) is 1.78. The van der Waals surface area contributed by atoms with Crippen LogP contribution >= 0.6 is 0 Å². The van der Waals surface area contributed by atoms with Gasteiger partial charge in [0.2, 0.25) is 11.7 Å². The van der Waals surface area contributed by atoms with Crippen LogP contribution in [0.2, 0.25) is 0 Å². The van der Waals surface area contributed by atoms with Crippen molar-refractivity contribution in [1.82, 2.24) is 20.1 Å². The fourth-order valence-electron chi connectivity index (χ4n) is 1.78. The van der Waals surface area contributed by atoms with Crippen molar-refractivity contribution in [3.63, 3.8) is 0 Å². The Bertz CT molecular complexity index is 509. The largest absolute Gasteiger partial charge is 0.338 e. The van der Waals surface area contributed by atoms with Gasteiger partial charge in [-0.25, -0.2) is 4.98 Å². The molecule has 2 heterocycles. The van der Waals surface area contributed by atoms with E-state index in [1.807, 2.05) is 0 Å². The van der Waals surface area contributed by atoms with E-state index in [0.717, 1.165) is 6.42 Å². The molecule has 2 rings (SSSR count). The van der Waals surface area contributed by atoms with Gasteiger partial charge in [-0.15, -0.1) is 0 Å². The average molecular weight is 246 g/mol. The normalized spacial score (nSPS) is 14.7. The summed E-state index contributed by atoms with van der Waals surface area (Å²) in [5.41, 5.74) is 0.530. The molecule has 18 heavy (non-hydrogen) atoms. The lowest BCUT2D eigenvalue weighted by molar-refractivity contribution is 0.228. The summed E-state index contributed by atoms with van der Waals surface area (Å²) < 4.78 is 5.41. The Labute approximate surface area is 107 Å². The molecule has 2 aromatic heterocycles. The summed E-state index contributed by atoms with van der Waals surface area (Å²) in [7, 11) is 0. The zero-order chi connectivity index (χ0) is 13.2. The molecule has 5 heteroatoms. The minimum Gasteiger partial charge on any atom is -0.338 e. The van der Waals surface area contributed by atoms with Crippen molar-refractivity contribution >= 4 is 0 Å². The van der Waals surface area contributed by atoms with Gasteiger partial charge in [0.15, 0.2) is 0 Å². The average Bonchev–Trinajstić information content (AvgIpc) is 2.88. The van der Waals surface area contributed by atoms with Gasteiger partial charge >= 0.3 is 0 Å². The van der Waals surface area contributed by atoms with Crippen molar-refractivity contribution in [1.29, 1.82) is 0 Å². The molecule has 0 N–H and O–H groups in total. The lowest BCUT2D eigenvalue weighted by Gasteiger charge is -2.27. The molecule has 0 saturated heterocycles. The molecule has 0 aliphatic heterocycles. The van der Waals surface area contributed by atoms with Gasteiger partial charge in [-0.3, -0.25) is 4.98 Å². The molecule has 0 bridgehead atoms. The van der Waals surface area contributed by atoms with Crippen molar-refractivity contribution in [2.24, 2.45) is 5.92 Å². The van der Waals surface area contributed by atoms with Gasteiger partial charge < -0.3 is 4.52 Å². The molecule has 2 aromatic rings. The van der Waals surface area contributed by atoms with Crippen LogP contribution in [0.1, 0.15) is 40.0 Å². The Kier molecular flexibility index (Phi) is 3.41. The summed E-state index contributed by atoms with van der Waals surface area (Å²) in [5.74, 6) is 1.59. The zero-order valence-corrected chi connectivity index (χ0v) is 11.2. The van der Waals surface area contributed by atoms with Crippen LogP contribution in [0.3, 0.4) is 0 Å².